The molecular weight excluding hydrogens is 458 g/mol. The van der Waals surface area contributed by atoms with Crippen LogP contribution in [0.15, 0.2) is 60.9 Å². The number of hydroxylamine groups is 2. The van der Waals surface area contributed by atoms with Crippen molar-refractivity contribution in [1.29, 1.82) is 0 Å². The Labute approximate surface area is 207 Å². The Morgan fingerprint density at radius 1 is 1.03 bits per heavy atom. The van der Waals surface area contributed by atoms with Crippen LogP contribution in [-0.4, -0.2) is 43.2 Å². The number of hydrogen-bond donors (Lipinski definition) is 2. The minimum Gasteiger partial charge on any atom is -0.304 e. The fourth-order valence-electron chi connectivity index (χ4n) is 4.30. The van der Waals surface area contributed by atoms with Crippen molar-refractivity contribution in [3.63, 3.8) is 0 Å². The molecule has 1 saturated heterocycles. The normalized spacial score (nSPS) is 17.4. The minimum absolute atomic E-state index is 0.0364. The van der Waals surface area contributed by atoms with Crippen LogP contribution in [0, 0.1) is 12.8 Å². The van der Waals surface area contributed by atoms with E-state index >= 15 is 0 Å². The van der Waals surface area contributed by atoms with Crippen LogP contribution in [0.5, 0.6) is 0 Å². The van der Waals surface area contributed by atoms with Gasteiger partial charge in [0.05, 0.1) is 24.0 Å². The van der Waals surface area contributed by atoms with Crippen molar-refractivity contribution in [3.8, 4) is 11.1 Å². The summed E-state index contributed by atoms with van der Waals surface area (Å²) in [7, 11) is 0. The second-order valence-electron chi connectivity index (χ2n) is 9.08. The van der Waals surface area contributed by atoms with Gasteiger partial charge in [0.1, 0.15) is 0 Å². The highest BCUT2D eigenvalue weighted by molar-refractivity contribution is 5.93. The molecule has 2 aliphatic rings. The number of aromatic nitrogens is 4. The standard InChI is InChI=1S/C26H25N7O3/c1-16-21(28-26(35)33-22(11-12-36-33)17-5-3-2-4-6-17)13-20(14-27-16)19-9-10-23-29-25(31-32(23)15-19)30-24(34)18-7-8-18/h2-6,9-10,13-15,18,22H,7-8,11-12H2,1H3,(H,28,35)(H,30,31,34). The SMILES string of the molecule is Cc1ncc(-c2ccc3nc(NC(=O)C4CC4)nn3c2)cc1NC(=O)N1OCCC1c1ccccc1. The zero-order chi connectivity index (χ0) is 24.6. The van der Waals surface area contributed by atoms with Gasteiger partial charge in [-0.25, -0.2) is 9.31 Å². The lowest BCUT2D eigenvalue weighted by Gasteiger charge is -2.23. The third kappa shape index (κ3) is 4.38. The maximum absolute atomic E-state index is 13.1. The van der Waals surface area contributed by atoms with Crippen molar-refractivity contribution in [2.75, 3.05) is 17.2 Å². The van der Waals surface area contributed by atoms with Gasteiger partial charge in [0.15, 0.2) is 5.65 Å². The zero-order valence-corrected chi connectivity index (χ0v) is 19.7. The quantitative estimate of drug-likeness (QED) is 0.436. The molecule has 2 fully saturated rings. The Kier molecular flexibility index (Phi) is 5.57. The monoisotopic (exact) mass is 483 g/mol. The van der Waals surface area contributed by atoms with Crippen molar-refractivity contribution in [3.05, 3.63) is 72.2 Å². The highest BCUT2D eigenvalue weighted by atomic mass is 16.7. The van der Waals surface area contributed by atoms with Crippen molar-refractivity contribution in [1.82, 2.24) is 24.6 Å². The van der Waals surface area contributed by atoms with Crippen LogP contribution in [-0.2, 0) is 9.63 Å². The van der Waals surface area contributed by atoms with Crippen molar-refractivity contribution < 1.29 is 14.4 Å². The lowest BCUT2D eigenvalue weighted by atomic mass is 10.1. The fourth-order valence-corrected chi connectivity index (χ4v) is 4.30. The van der Waals surface area contributed by atoms with E-state index in [2.05, 4.69) is 25.7 Å². The third-order valence-electron chi connectivity index (χ3n) is 6.47. The van der Waals surface area contributed by atoms with E-state index in [1.165, 1.54) is 5.06 Å². The zero-order valence-electron chi connectivity index (χ0n) is 19.7. The summed E-state index contributed by atoms with van der Waals surface area (Å²) in [5, 5.41) is 11.5. The first-order chi connectivity index (χ1) is 17.5. The molecule has 36 heavy (non-hydrogen) atoms. The third-order valence-corrected chi connectivity index (χ3v) is 6.47. The molecule has 0 bridgehead atoms. The molecule has 6 rings (SSSR count). The number of carbonyl (C=O) groups excluding carboxylic acids is 2. The van der Waals surface area contributed by atoms with E-state index in [1.54, 1.807) is 10.7 Å². The van der Waals surface area contributed by atoms with E-state index in [-0.39, 0.29) is 29.8 Å². The molecule has 1 aliphatic heterocycles. The van der Waals surface area contributed by atoms with Gasteiger partial charge in [-0.1, -0.05) is 30.3 Å². The number of carbonyl (C=O) groups is 2. The molecule has 10 nitrogen and oxygen atoms in total. The first-order valence-electron chi connectivity index (χ1n) is 12.0. The number of pyridine rings is 2. The van der Waals surface area contributed by atoms with E-state index in [9.17, 15) is 9.59 Å². The predicted octanol–water partition coefficient (Wildman–Crippen LogP) is 4.36. The summed E-state index contributed by atoms with van der Waals surface area (Å²) < 4.78 is 1.62. The number of amides is 3. The molecule has 3 amide bonds. The first-order valence-corrected chi connectivity index (χ1v) is 12.0. The number of hydrogen-bond acceptors (Lipinski definition) is 6. The molecule has 0 spiro atoms. The highest BCUT2D eigenvalue weighted by Crippen LogP contribution is 2.32. The Balaban J connectivity index is 1.22. The molecule has 10 heteroatoms. The summed E-state index contributed by atoms with van der Waals surface area (Å²) in [6.07, 6.45) is 6.13. The van der Waals surface area contributed by atoms with Crippen LogP contribution < -0.4 is 10.6 Å². The number of nitrogens with zero attached hydrogens (tertiary/aromatic N) is 5. The summed E-state index contributed by atoms with van der Waals surface area (Å²) in [6, 6.07) is 15.0. The number of rotatable bonds is 5. The number of aryl methyl sites for hydroxylation is 1. The Hall–Kier alpha value is -4.31. The molecule has 0 radical (unpaired) electrons. The lowest BCUT2D eigenvalue weighted by molar-refractivity contribution is -0.117. The molecule has 1 unspecified atom stereocenters. The van der Waals surface area contributed by atoms with Gasteiger partial charge in [0.25, 0.3) is 0 Å². The average molecular weight is 484 g/mol. The summed E-state index contributed by atoms with van der Waals surface area (Å²) in [4.78, 5) is 39.7. The molecule has 3 aromatic heterocycles. The van der Waals surface area contributed by atoms with Gasteiger partial charge in [-0.05, 0) is 43.5 Å². The summed E-state index contributed by atoms with van der Waals surface area (Å²) in [6.45, 7) is 2.32. The second kappa shape index (κ2) is 9.04. The van der Waals surface area contributed by atoms with Crippen LogP contribution >= 0.6 is 0 Å². The number of benzene rings is 1. The number of nitrogens with one attached hydrogen (secondary N) is 2. The second-order valence-corrected chi connectivity index (χ2v) is 9.08. The fraction of sp³-hybridized carbons (Fsp3) is 0.269. The Morgan fingerprint density at radius 2 is 1.86 bits per heavy atom. The van der Waals surface area contributed by atoms with E-state index in [1.807, 2.05) is 61.7 Å². The van der Waals surface area contributed by atoms with Crippen molar-refractivity contribution in [2.24, 2.45) is 5.92 Å². The smallest absolute Gasteiger partial charge is 0.304 e. The maximum atomic E-state index is 13.1. The Morgan fingerprint density at radius 3 is 2.67 bits per heavy atom. The van der Waals surface area contributed by atoms with E-state index in [0.717, 1.165) is 36.0 Å². The lowest BCUT2D eigenvalue weighted by Crippen LogP contribution is -2.33. The largest absolute Gasteiger partial charge is 0.346 e. The van der Waals surface area contributed by atoms with Gasteiger partial charge in [-0.3, -0.25) is 19.9 Å². The summed E-state index contributed by atoms with van der Waals surface area (Å²) in [5.41, 5.74) is 4.58. The van der Waals surface area contributed by atoms with Gasteiger partial charge in [-0.2, -0.15) is 10.0 Å². The maximum Gasteiger partial charge on any atom is 0.346 e. The van der Waals surface area contributed by atoms with Crippen LogP contribution in [0.2, 0.25) is 0 Å². The topological polar surface area (TPSA) is 114 Å². The van der Waals surface area contributed by atoms with Crippen LogP contribution in [0.25, 0.3) is 16.8 Å². The van der Waals surface area contributed by atoms with Crippen LogP contribution in [0.3, 0.4) is 0 Å². The number of fused-ring (bicyclic) bond motifs is 1. The van der Waals surface area contributed by atoms with Crippen molar-refractivity contribution in [2.45, 2.75) is 32.2 Å². The van der Waals surface area contributed by atoms with Crippen LogP contribution in [0.1, 0.15) is 36.6 Å². The summed E-state index contributed by atoms with van der Waals surface area (Å²) >= 11 is 0. The number of urea groups is 1. The van der Waals surface area contributed by atoms with Crippen LogP contribution in [0.4, 0.5) is 16.4 Å². The highest BCUT2D eigenvalue weighted by Gasteiger charge is 2.32. The number of anilines is 2. The van der Waals surface area contributed by atoms with Crippen molar-refractivity contribution >= 4 is 29.2 Å². The molecule has 1 aromatic carbocycles. The average Bonchev–Trinajstić information content (AvgIpc) is 3.49. The Bertz CT molecular complexity index is 1450. The molecule has 2 N–H and O–H groups in total. The minimum atomic E-state index is -0.342. The molecule has 1 aliphatic carbocycles. The molecule has 4 heterocycles. The van der Waals surface area contributed by atoms with Gasteiger partial charge in [0.2, 0.25) is 11.9 Å². The van der Waals surface area contributed by atoms with E-state index < -0.39 is 0 Å². The molecule has 4 aromatic rings. The van der Waals surface area contributed by atoms with Gasteiger partial charge >= 0.3 is 6.03 Å². The van der Waals surface area contributed by atoms with Gasteiger partial charge in [0, 0.05) is 35.9 Å². The summed E-state index contributed by atoms with van der Waals surface area (Å²) in [5.74, 6) is 0.330. The molecular formula is C26H25N7O3. The van der Waals surface area contributed by atoms with Gasteiger partial charge in [-0.15, -0.1) is 5.10 Å². The van der Waals surface area contributed by atoms with E-state index in [4.69, 9.17) is 4.84 Å². The first kappa shape index (κ1) is 22.2. The molecule has 182 valence electrons. The molecule has 1 saturated carbocycles. The van der Waals surface area contributed by atoms with Gasteiger partial charge < -0.3 is 5.32 Å². The van der Waals surface area contributed by atoms with E-state index in [0.29, 0.717) is 23.6 Å². The predicted molar refractivity (Wildman–Crippen MR) is 133 cm³/mol. The molecule has 1 atom stereocenters.